The number of rotatable bonds is 11. The summed E-state index contributed by atoms with van der Waals surface area (Å²) in [5.41, 5.74) is 0.767. The van der Waals surface area contributed by atoms with Crippen molar-refractivity contribution in [2.24, 2.45) is 5.92 Å². The molecule has 1 rings (SSSR count). The molecule has 0 heterocycles. The van der Waals surface area contributed by atoms with Crippen LogP contribution in [0.2, 0.25) is 0 Å². The molecule has 6 nitrogen and oxygen atoms in total. The average Bonchev–Trinajstić information content (AvgIpc) is 2.59. The third-order valence-corrected chi connectivity index (χ3v) is 3.68. The van der Waals surface area contributed by atoms with Crippen LogP contribution in [-0.2, 0) is 9.59 Å². The molecule has 1 aromatic carbocycles. The van der Waals surface area contributed by atoms with Crippen LogP contribution in [-0.4, -0.2) is 36.2 Å². The topological polar surface area (TPSA) is 84.9 Å². The van der Waals surface area contributed by atoms with Crippen molar-refractivity contribution in [2.75, 3.05) is 13.2 Å². The maximum absolute atomic E-state index is 12.0. The highest BCUT2D eigenvalue weighted by Gasteiger charge is 2.22. The maximum Gasteiger partial charge on any atom is 0.326 e. The SMILES string of the molecule is CCCCOc1ccc(/C=C/C(=O)N[C@@H](C(=O)O)C(C)C)cc1OCC. The number of carboxylic acids is 1. The Kier molecular flexibility index (Phi) is 9.26. The van der Waals surface area contributed by atoms with Gasteiger partial charge in [0.15, 0.2) is 11.5 Å². The van der Waals surface area contributed by atoms with E-state index in [0.29, 0.717) is 24.7 Å². The Labute approximate surface area is 155 Å². The molecule has 0 radical (unpaired) electrons. The first kappa shape index (κ1) is 21.5. The fraction of sp³-hybridized carbons (Fsp3) is 0.500. The van der Waals surface area contributed by atoms with Gasteiger partial charge in [0.05, 0.1) is 13.2 Å². The van der Waals surface area contributed by atoms with Crippen molar-refractivity contribution in [1.82, 2.24) is 5.32 Å². The lowest BCUT2D eigenvalue weighted by Crippen LogP contribution is -2.43. The third-order valence-electron chi connectivity index (χ3n) is 3.68. The normalized spacial score (nSPS) is 12.2. The first-order valence-electron chi connectivity index (χ1n) is 9.00. The van der Waals surface area contributed by atoms with Crippen LogP contribution in [0.25, 0.3) is 6.08 Å². The van der Waals surface area contributed by atoms with Crippen molar-refractivity contribution in [2.45, 2.75) is 46.6 Å². The number of amides is 1. The number of hydrogen-bond donors (Lipinski definition) is 2. The van der Waals surface area contributed by atoms with Crippen molar-refractivity contribution in [3.8, 4) is 11.5 Å². The van der Waals surface area contributed by atoms with E-state index in [1.807, 2.05) is 19.1 Å². The lowest BCUT2D eigenvalue weighted by Gasteiger charge is -2.16. The summed E-state index contributed by atoms with van der Waals surface area (Å²) in [4.78, 5) is 23.1. The number of ether oxygens (including phenoxy) is 2. The Morgan fingerprint density at radius 1 is 1.19 bits per heavy atom. The van der Waals surface area contributed by atoms with Gasteiger partial charge in [-0.1, -0.05) is 33.3 Å². The van der Waals surface area contributed by atoms with Gasteiger partial charge in [0.1, 0.15) is 6.04 Å². The monoisotopic (exact) mass is 363 g/mol. The van der Waals surface area contributed by atoms with Crippen LogP contribution in [0.4, 0.5) is 0 Å². The van der Waals surface area contributed by atoms with E-state index in [2.05, 4.69) is 12.2 Å². The molecule has 0 unspecified atom stereocenters. The first-order chi connectivity index (χ1) is 12.4. The molecule has 0 aliphatic rings. The van der Waals surface area contributed by atoms with Gasteiger partial charge in [-0.05, 0) is 43.0 Å². The minimum absolute atomic E-state index is 0.200. The summed E-state index contributed by atoms with van der Waals surface area (Å²) >= 11 is 0. The molecule has 6 heteroatoms. The lowest BCUT2D eigenvalue weighted by atomic mass is 10.0. The van der Waals surface area contributed by atoms with E-state index in [1.54, 1.807) is 26.0 Å². The van der Waals surface area contributed by atoms with Gasteiger partial charge in [0.25, 0.3) is 0 Å². The molecule has 0 aliphatic carbocycles. The molecule has 0 aromatic heterocycles. The second-order valence-corrected chi connectivity index (χ2v) is 6.24. The molecule has 0 bridgehead atoms. The smallest absolute Gasteiger partial charge is 0.326 e. The van der Waals surface area contributed by atoms with E-state index in [0.717, 1.165) is 18.4 Å². The standard InChI is InChI=1S/C20H29NO5/c1-5-7-12-26-16-10-8-15(13-17(16)25-6-2)9-11-18(22)21-19(14(3)4)20(23)24/h8-11,13-14,19H,5-7,12H2,1-4H3,(H,21,22)(H,23,24)/b11-9+/t19-/m1/s1. The van der Waals surface area contributed by atoms with Crippen LogP contribution >= 0.6 is 0 Å². The molecule has 0 aliphatic heterocycles. The molecule has 1 amide bonds. The summed E-state index contributed by atoms with van der Waals surface area (Å²) in [6.45, 7) is 8.61. The fourth-order valence-electron chi connectivity index (χ4n) is 2.23. The summed E-state index contributed by atoms with van der Waals surface area (Å²) in [6.07, 6.45) is 4.95. The second kappa shape index (κ2) is 11.2. The van der Waals surface area contributed by atoms with Crippen molar-refractivity contribution < 1.29 is 24.2 Å². The number of carbonyl (C=O) groups excluding carboxylic acids is 1. The molecule has 26 heavy (non-hydrogen) atoms. The van der Waals surface area contributed by atoms with Crippen LogP contribution in [0.1, 0.15) is 46.1 Å². The molecule has 144 valence electrons. The highest BCUT2D eigenvalue weighted by molar-refractivity contribution is 5.94. The minimum Gasteiger partial charge on any atom is -0.490 e. The summed E-state index contributed by atoms with van der Waals surface area (Å²) in [5.74, 6) is -0.403. The number of carbonyl (C=O) groups is 2. The largest absolute Gasteiger partial charge is 0.490 e. The van der Waals surface area contributed by atoms with Gasteiger partial charge in [-0.15, -0.1) is 0 Å². The molecule has 0 saturated heterocycles. The van der Waals surface area contributed by atoms with Gasteiger partial charge in [0, 0.05) is 6.08 Å². The summed E-state index contributed by atoms with van der Waals surface area (Å²) in [6, 6.07) is 4.52. The van der Waals surface area contributed by atoms with E-state index in [9.17, 15) is 9.59 Å². The molecular formula is C20H29NO5. The third kappa shape index (κ3) is 7.17. The fourth-order valence-corrected chi connectivity index (χ4v) is 2.23. The van der Waals surface area contributed by atoms with E-state index >= 15 is 0 Å². The first-order valence-corrected chi connectivity index (χ1v) is 9.00. The number of benzene rings is 1. The van der Waals surface area contributed by atoms with E-state index in [-0.39, 0.29) is 5.92 Å². The number of aliphatic carboxylic acids is 1. The van der Waals surface area contributed by atoms with E-state index in [4.69, 9.17) is 14.6 Å². The van der Waals surface area contributed by atoms with Crippen LogP contribution in [0.15, 0.2) is 24.3 Å². The van der Waals surface area contributed by atoms with Crippen molar-refractivity contribution in [3.63, 3.8) is 0 Å². The molecule has 0 saturated carbocycles. The van der Waals surface area contributed by atoms with Gasteiger partial charge in [-0.2, -0.15) is 0 Å². The van der Waals surface area contributed by atoms with Crippen LogP contribution in [0.3, 0.4) is 0 Å². The Hall–Kier alpha value is -2.50. The highest BCUT2D eigenvalue weighted by Crippen LogP contribution is 2.29. The molecule has 1 atom stereocenters. The quantitative estimate of drug-likeness (QED) is 0.464. The predicted molar refractivity (Wildman–Crippen MR) is 101 cm³/mol. The zero-order valence-corrected chi connectivity index (χ0v) is 16.0. The Balaban J connectivity index is 2.81. The molecule has 0 fully saturated rings. The molecule has 1 aromatic rings. The van der Waals surface area contributed by atoms with Gasteiger partial charge >= 0.3 is 5.97 Å². The van der Waals surface area contributed by atoms with Crippen LogP contribution in [0.5, 0.6) is 11.5 Å². The number of hydrogen-bond acceptors (Lipinski definition) is 4. The van der Waals surface area contributed by atoms with Crippen LogP contribution in [0, 0.1) is 5.92 Å². The van der Waals surface area contributed by atoms with E-state index in [1.165, 1.54) is 6.08 Å². The van der Waals surface area contributed by atoms with Crippen molar-refractivity contribution in [3.05, 3.63) is 29.8 Å². The Bertz CT molecular complexity index is 625. The van der Waals surface area contributed by atoms with Gasteiger partial charge in [-0.25, -0.2) is 4.79 Å². The average molecular weight is 363 g/mol. The molecule has 0 spiro atoms. The maximum atomic E-state index is 12.0. The van der Waals surface area contributed by atoms with Gasteiger partial charge in [0.2, 0.25) is 5.91 Å². The predicted octanol–water partition coefficient (Wildman–Crippen LogP) is 3.50. The second-order valence-electron chi connectivity index (χ2n) is 6.24. The Morgan fingerprint density at radius 3 is 2.50 bits per heavy atom. The van der Waals surface area contributed by atoms with Crippen molar-refractivity contribution in [1.29, 1.82) is 0 Å². The Morgan fingerprint density at radius 2 is 1.92 bits per heavy atom. The zero-order chi connectivity index (χ0) is 19.5. The van der Waals surface area contributed by atoms with Gasteiger partial charge in [-0.3, -0.25) is 4.79 Å². The van der Waals surface area contributed by atoms with E-state index < -0.39 is 17.9 Å². The zero-order valence-electron chi connectivity index (χ0n) is 16.0. The van der Waals surface area contributed by atoms with Gasteiger partial charge < -0.3 is 19.9 Å². The number of unbranched alkanes of at least 4 members (excludes halogenated alkanes) is 1. The summed E-state index contributed by atoms with van der Waals surface area (Å²) in [5, 5.41) is 11.6. The van der Waals surface area contributed by atoms with Crippen LogP contribution < -0.4 is 14.8 Å². The number of nitrogens with one attached hydrogen (secondary N) is 1. The highest BCUT2D eigenvalue weighted by atomic mass is 16.5. The summed E-state index contributed by atoms with van der Waals surface area (Å²) < 4.78 is 11.3. The van der Waals surface area contributed by atoms with Crippen molar-refractivity contribution >= 4 is 18.0 Å². The lowest BCUT2D eigenvalue weighted by molar-refractivity contribution is -0.142. The molecular weight excluding hydrogens is 334 g/mol. The number of carboxylic acid groups (broad SMARTS) is 1. The summed E-state index contributed by atoms with van der Waals surface area (Å²) in [7, 11) is 0. The minimum atomic E-state index is -1.05. The molecule has 2 N–H and O–H groups in total.